The predicted octanol–water partition coefficient (Wildman–Crippen LogP) is 1.84. The van der Waals surface area contributed by atoms with Crippen LogP contribution in [0.4, 0.5) is 8.78 Å². The molecule has 3 fully saturated rings. The van der Waals surface area contributed by atoms with Gasteiger partial charge in [0.05, 0.1) is 6.10 Å². The highest BCUT2D eigenvalue weighted by Gasteiger charge is 2.76. The molecule has 4 aliphatic rings. The third kappa shape index (κ3) is 2.19. The smallest absolute Gasteiger partial charge is 0.190 e. The summed E-state index contributed by atoms with van der Waals surface area (Å²) in [5.74, 6) is -3.24. The van der Waals surface area contributed by atoms with Crippen molar-refractivity contribution in [3.8, 4) is 0 Å². The van der Waals surface area contributed by atoms with E-state index in [1.165, 1.54) is 19.1 Å². The van der Waals surface area contributed by atoms with E-state index in [1.54, 1.807) is 13.8 Å². The summed E-state index contributed by atoms with van der Waals surface area (Å²) < 4.78 is 32.1. The molecule has 0 bridgehead atoms. The average Bonchev–Trinajstić information content (AvgIpc) is 2.86. The van der Waals surface area contributed by atoms with E-state index in [0.29, 0.717) is 0 Å². The molecular weight excluding hydrogens is 382 g/mol. The van der Waals surface area contributed by atoms with Crippen molar-refractivity contribution in [2.45, 2.75) is 63.6 Å². The van der Waals surface area contributed by atoms with E-state index < -0.39 is 70.3 Å². The summed E-state index contributed by atoms with van der Waals surface area (Å²) >= 11 is 0. The van der Waals surface area contributed by atoms with E-state index >= 15 is 8.78 Å². The maximum absolute atomic E-state index is 16.9. The van der Waals surface area contributed by atoms with Gasteiger partial charge in [0.2, 0.25) is 0 Å². The van der Waals surface area contributed by atoms with Crippen LogP contribution in [-0.4, -0.2) is 57.0 Å². The normalized spacial score (nSPS) is 53.7. The third-order valence-electron chi connectivity index (χ3n) is 8.78. The Morgan fingerprint density at radius 1 is 1.28 bits per heavy atom. The predicted molar refractivity (Wildman–Crippen MR) is 100 cm³/mol. The lowest BCUT2D eigenvalue weighted by atomic mass is 9.44. The number of aliphatic hydroxyl groups is 3. The molecule has 2 unspecified atom stereocenters. The summed E-state index contributed by atoms with van der Waals surface area (Å²) in [6.45, 7) is 3.96. The lowest BCUT2D eigenvalue weighted by molar-refractivity contribution is -0.223. The first-order chi connectivity index (χ1) is 13.4. The van der Waals surface area contributed by atoms with Crippen LogP contribution in [0.15, 0.2) is 23.8 Å². The number of fused-ring (bicyclic) bond motifs is 5. The summed E-state index contributed by atoms with van der Waals surface area (Å²) in [7, 11) is 0. The van der Waals surface area contributed by atoms with Crippen molar-refractivity contribution < 1.29 is 33.7 Å². The number of allylic oxidation sites excluding steroid dienone is 4. The van der Waals surface area contributed by atoms with Crippen LogP contribution in [-0.2, 0) is 9.59 Å². The second kappa shape index (κ2) is 6.05. The zero-order valence-electron chi connectivity index (χ0n) is 16.9. The first-order valence-electron chi connectivity index (χ1n) is 10.2. The Morgan fingerprint density at radius 2 is 1.93 bits per heavy atom. The molecular formula is C22H28F2O5. The van der Waals surface area contributed by atoms with Gasteiger partial charge in [-0.25, -0.2) is 8.78 Å². The van der Waals surface area contributed by atoms with Crippen molar-refractivity contribution in [2.24, 2.45) is 28.6 Å². The fraction of sp³-hybridized carbons (Fsp3) is 0.727. The zero-order chi connectivity index (χ0) is 21.6. The molecule has 3 saturated carbocycles. The molecule has 4 aliphatic carbocycles. The number of Topliss-reactive ketones (excluding diaryl/α,β-unsaturated/α-hetero) is 1. The Hall–Kier alpha value is -1.44. The number of rotatable bonds is 2. The molecule has 7 heteroatoms. The fourth-order valence-corrected chi connectivity index (χ4v) is 7.25. The Balaban J connectivity index is 1.87. The maximum Gasteiger partial charge on any atom is 0.190 e. The van der Waals surface area contributed by atoms with Gasteiger partial charge < -0.3 is 15.3 Å². The molecule has 0 radical (unpaired) electrons. The van der Waals surface area contributed by atoms with E-state index in [1.807, 2.05) is 0 Å². The molecule has 0 saturated heterocycles. The number of hydrogen-bond acceptors (Lipinski definition) is 5. The number of ketones is 2. The number of hydrogen-bond donors (Lipinski definition) is 3. The van der Waals surface area contributed by atoms with Crippen LogP contribution in [0.3, 0.4) is 0 Å². The third-order valence-corrected chi connectivity index (χ3v) is 8.78. The number of alkyl halides is 2. The maximum atomic E-state index is 16.9. The largest absolute Gasteiger partial charge is 0.390 e. The lowest BCUT2D eigenvalue weighted by Crippen LogP contribution is -2.70. The molecule has 0 aromatic heterocycles. The first kappa shape index (κ1) is 20.8. The van der Waals surface area contributed by atoms with Gasteiger partial charge >= 0.3 is 0 Å². The van der Waals surface area contributed by atoms with Crippen LogP contribution in [0.25, 0.3) is 0 Å². The van der Waals surface area contributed by atoms with Crippen molar-refractivity contribution >= 4 is 11.6 Å². The van der Waals surface area contributed by atoms with Gasteiger partial charge in [-0.15, -0.1) is 0 Å². The molecule has 0 amide bonds. The van der Waals surface area contributed by atoms with Crippen molar-refractivity contribution in [3.63, 3.8) is 0 Å². The number of halogens is 2. The summed E-state index contributed by atoms with van der Waals surface area (Å²) in [4.78, 5) is 24.3. The minimum absolute atomic E-state index is 0.0409. The van der Waals surface area contributed by atoms with E-state index in [0.717, 1.165) is 6.08 Å². The summed E-state index contributed by atoms with van der Waals surface area (Å²) in [5.41, 5.74) is -6.81. The quantitative estimate of drug-likeness (QED) is 0.646. The van der Waals surface area contributed by atoms with Gasteiger partial charge in [0.25, 0.3) is 0 Å². The van der Waals surface area contributed by atoms with Crippen molar-refractivity contribution in [1.82, 2.24) is 0 Å². The first-order valence-corrected chi connectivity index (χ1v) is 10.2. The van der Waals surface area contributed by atoms with Crippen molar-refractivity contribution in [2.75, 3.05) is 6.61 Å². The van der Waals surface area contributed by atoms with Gasteiger partial charge in [-0.3, -0.25) is 9.59 Å². The van der Waals surface area contributed by atoms with E-state index in [2.05, 4.69) is 0 Å². The highest BCUT2D eigenvalue weighted by Crippen LogP contribution is 2.70. The van der Waals surface area contributed by atoms with Crippen LogP contribution in [0.5, 0.6) is 0 Å². The van der Waals surface area contributed by atoms with Crippen LogP contribution in [0, 0.1) is 28.6 Å². The van der Waals surface area contributed by atoms with Crippen molar-refractivity contribution in [1.29, 1.82) is 0 Å². The number of carbonyl (C=O) groups is 2. The highest BCUT2D eigenvalue weighted by atomic mass is 19.1. The Bertz CT molecular complexity index is 839. The zero-order valence-corrected chi connectivity index (χ0v) is 16.9. The topological polar surface area (TPSA) is 94.8 Å². The molecule has 0 aromatic carbocycles. The Kier molecular flexibility index (Phi) is 4.34. The molecule has 0 aromatic rings. The average molecular weight is 410 g/mol. The van der Waals surface area contributed by atoms with Crippen molar-refractivity contribution in [3.05, 3.63) is 23.8 Å². The lowest BCUT2D eigenvalue weighted by Gasteiger charge is -2.63. The minimum atomic E-state index is -2.24. The molecule has 0 spiro atoms. The second-order valence-electron chi connectivity index (χ2n) is 9.84. The number of carbonyl (C=O) groups excluding carboxylic acids is 2. The monoisotopic (exact) mass is 410 g/mol. The highest BCUT2D eigenvalue weighted by molar-refractivity contribution is 6.01. The van der Waals surface area contributed by atoms with E-state index in [-0.39, 0.29) is 24.8 Å². The summed E-state index contributed by atoms with van der Waals surface area (Å²) in [5, 5.41) is 31.9. The molecule has 0 heterocycles. The summed E-state index contributed by atoms with van der Waals surface area (Å²) in [6.07, 6.45) is 0.427. The minimum Gasteiger partial charge on any atom is -0.390 e. The Morgan fingerprint density at radius 3 is 2.55 bits per heavy atom. The van der Waals surface area contributed by atoms with Gasteiger partial charge in [-0.1, -0.05) is 19.9 Å². The molecule has 5 nitrogen and oxygen atoms in total. The van der Waals surface area contributed by atoms with Crippen LogP contribution >= 0.6 is 0 Å². The van der Waals surface area contributed by atoms with Crippen LogP contribution in [0.1, 0.15) is 40.0 Å². The van der Waals surface area contributed by atoms with E-state index in [4.69, 9.17) is 0 Å². The molecule has 3 N–H and O–H groups in total. The van der Waals surface area contributed by atoms with Gasteiger partial charge in [0, 0.05) is 16.7 Å². The second-order valence-corrected chi connectivity index (χ2v) is 9.84. The van der Waals surface area contributed by atoms with Gasteiger partial charge in [0.15, 0.2) is 17.2 Å². The Labute approximate surface area is 168 Å². The van der Waals surface area contributed by atoms with Gasteiger partial charge in [0.1, 0.15) is 18.4 Å². The van der Waals surface area contributed by atoms with Crippen LogP contribution < -0.4 is 0 Å². The molecule has 29 heavy (non-hydrogen) atoms. The molecule has 160 valence electrons. The van der Waals surface area contributed by atoms with Gasteiger partial charge in [-0.2, -0.15) is 0 Å². The molecule has 4 rings (SSSR count). The number of aliphatic hydroxyl groups excluding tert-OH is 2. The van der Waals surface area contributed by atoms with E-state index in [9.17, 15) is 24.9 Å². The summed E-state index contributed by atoms with van der Waals surface area (Å²) in [6, 6.07) is 0. The van der Waals surface area contributed by atoms with Gasteiger partial charge in [-0.05, 0) is 55.7 Å². The van der Waals surface area contributed by atoms with Crippen LogP contribution in [0.2, 0.25) is 0 Å². The molecule has 0 aliphatic heterocycles. The standard InChI is InChI=1S/C22H28F2O5/c1-11-6-13-14-8-16(23)15-7-12(26)4-5-19(15,2)21(14,24)17(27)9-20(13,3)22(11,29)18(28)10-25/h4-5,7,11,13-14,16-17,25,27,29H,6,8-10H2,1-3H3/t11-,13?,14?,16+,17+,19+,20+,21+,22-/m1/s1. The SMILES string of the molecule is C[C@@H]1CC2C3C[C@H](F)C4=CC(=O)C=C[C@]4(C)[C@@]3(F)[C@@H](O)C[C@]2(C)[C@]1(O)C(=O)CO. The molecule has 9 atom stereocenters. The fourth-order valence-electron chi connectivity index (χ4n) is 7.25.